The Morgan fingerprint density at radius 2 is 1.00 bits per heavy atom. The van der Waals surface area contributed by atoms with Crippen LogP contribution in [0.15, 0.2) is 36.4 Å². The van der Waals surface area contributed by atoms with Gasteiger partial charge in [-0.1, -0.05) is 54.2 Å². The van der Waals surface area contributed by atoms with E-state index < -0.39 is 0 Å². The van der Waals surface area contributed by atoms with E-state index in [-0.39, 0.29) is 11.6 Å². The highest BCUT2D eigenvalue weighted by atomic mass is 15.4. The van der Waals surface area contributed by atoms with Crippen LogP contribution >= 0.6 is 0 Å². The minimum atomic E-state index is 0.0202. The van der Waals surface area contributed by atoms with Crippen molar-refractivity contribution < 1.29 is 0 Å². The molecular weight excluding hydrogens is 472 g/mol. The van der Waals surface area contributed by atoms with E-state index in [1.165, 1.54) is 74.0 Å². The molecule has 39 heavy (non-hydrogen) atoms. The molecule has 8 aliphatic rings. The van der Waals surface area contributed by atoms with Gasteiger partial charge in [-0.25, -0.2) is 0 Å². The van der Waals surface area contributed by atoms with Crippen molar-refractivity contribution in [2.24, 2.45) is 0 Å². The van der Waals surface area contributed by atoms with Crippen LogP contribution in [-0.4, -0.2) is 13.2 Å². The number of anilines is 3. The molecule has 0 N–H and O–H groups in total. The number of hydrogen-bond donors (Lipinski definition) is 0. The molecule has 4 bridgehead atoms. The van der Waals surface area contributed by atoms with Gasteiger partial charge in [-0.15, -0.1) is 0 Å². The molecular formula is C37H48N2. The van der Waals surface area contributed by atoms with Crippen molar-refractivity contribution in [3.8, 4) is 0 Å². The normalized spacial score (nSPS) is 38.3. The lowest BCUT2D eigenvalue weighted by atomic mass is 9.51. The van der Waals surface area contributed by atoms with E-state index in [0.717, 1.165) is 12.8 Å². The average Bonchev–Trinajstić information content (AvgIpc) is 3.23. The molecule has 2 aromatic carbocycles. The van der Waals surface area contributed by atoms with Gasteiger partial charge in [0.1, 0.15) is 6.17 Å². The van der Waals surface area contributed by atoms with Crippen LogP contribution in [0.1, 0.15) is 134 Å². The zero-order chi connectivity index (χ0) is 27.3. The first-order chi connectivity index (χ1) is 18.4. The van der Waals surface area contributed by atoms with Crippen molar-refractivity contribution in [3.63, 3.8) is 0 Å². The summed E-state index contributed by atoms with van der Waals surface area (Å²) < 4.78 is 0. The molecule has 2 heteroatoms. The number of likely N-dealkylation sites (N-methyl/N-ethyl adjacent to an activating group) is 1. The van der Waals surface area contributed by atoms with Crippen molar-refractivity contribution in [1.82, 2.24) is 0 Å². The standard InChI is InChI=1S/C37H48N2/c1-9-37(10-2)23(3)32-38(8)30-21-26-27(36(7)17-15-35(26,6)16-18-36)22-31(30)39(32)29-20-25-24(19-28(29)37)33(4)11-13-34(25,5)14-12-33/h19-22,32H,3,9-18H2,1-2,4-8H3. The zero-order valence-electron chi connectivity index (χ0n) is 25.6. The fourth-order valence-corrected chi connectivity index (χ4v) is 10.6. The number of benzene rings is 2. The third-order valence-corrected chi connectivity index (χ3v) is 13.9. The van der Waals surface area contributed by atoms with Crippen LogP contribution in [0.3, 0.4) is 0 Å². The maximum Gasteiger partial charge on any atom is 0.129 e. The Morgan fingerprint density at radius 1 is 0.615 bits per heavy atom. The summed E-state index contributed by atoms with van der Waals surface area (Å²) in [5.74, 6) is 0. The lowest BCUT2D eigenvalue weighted by molar-refractivity contribution is 0.187. The number of rotatable bonds is 2. The maximum atomic E-state index is 4.96. The third-order valence-electron chi connectivity index (χ3n) is 13.9. The molecule has 2 nitrogen and oxygen atoms in total. The van der Waals surface area contributed by atoms with Crippen LogP contribution in [0.25, 0.3) is 0 Å². The van der Waals surface area contributed by atoms with Crippen molar-refractivity contribution >= 4 is 17.1 Å². The van der Waals surface area contributed by atoms with E-state index in [1.54, 1.807) is 27.8 Å². The highest BCUT2D eigenvalue weighted by molar-refractivity contribution is 5.90. The lowest BCUT2D eigenvalue weighted by Gasteiger charge is -2.55. The van der Waals surface area contributed by atoms with E-state index in [4.69, 9.17) is 6.58 Å². The summed E-state index contributed by atoms with van der Waals surface area (Å²) in [4.78, 5) is 5.32. The molecule has 2 aliphatic heterocycles. The van der Waals surface area contributed by atoms with Crippen LogP contribution < -0.4 is 9.80 Å². The fourth-order valence-electron chi connectivity index (χ4n) is 10.6. The minimum absolute atomic E-state index is 0.0202. The first kappa shape index (κ1) is 24.6. The first-order valence-corrected chi connectivity index (χ1v) is 16.0. The molecule has 0 amide bonds. The Balaban J connectivity index is 1.42. The predicted octanol–water partition coefficient (Wildman–Crippen LogP) is 9.43. The molecule has 2 aromatic rings. The van der Waals surface area contributed by atoms with Gasteiger partial charge in [-0.05, 0) is 137 Å². The third kappa shape index (κ3) is 2.66. The van der Waals surface area contributed by atoms with Gasteiger partial charge in [0.05, 0.1) is 11.4 Å². The molecule has 206 valence electrons. The quantitative estimate of drug-likeness (QED) is 0.364. The highest BCUT2D eigenvalue weighted by Crippen LogP contribution is 2.64. The van der Waals surface area contributed by atoms with Gasteiger partial charge < -0.3 is 9.80 Å². The SMILES string of the molecule is C=C1C2N(C)c3cc4c(cc3N2c2cc3c(cc2C1(CC)CC)C1(C)CCC3(C)CC1)C1(C)CCC4(C)CC1. The Labute approximate surface area is 236 Å². The van der Waals surface area contributed by atoms with Crippen LogP contribution in [0.5, 0.6) is 0 Å². The van der Waals surface area contributed by atoms with E-state index in [9.17, 15) is 0 Å². The maximum absolute atomic E-state index is 4.96. The van der Waals surface area contributed by atoms with Crippen molar-refractivity contribution in [3.05, 3.63) is 64.2 Å². The Kier molecular flexibility index (Phi) is 4.51. The number of hydrogen-bond acceptors (Lipinski definition) is 2. The Hall–Kier alpha value is -2.22. The molecule has 2 heterocycles. The second-order valence-corrected chi connectivity index (χ2v) is 15.7. The van der Waals surface area contributed by atoms with Crippen LogP contribution in [0.2, 0.25) is 0 Å². The minimum Gasteiger partial charge on any atom is -0.349 e. The summed E-state index contributed by atoms with van der Waals surface area (Å²) >= 11 is 0. The van der Waals surface area contributed by atoms with Crippen molar-refractivity contribution in [1.29, 1.82) is 0 Å². The summed E-state index contributed by atoms with van der Waals surface area (Å²) in [5, 5.41) is 0. The van der Waals surface area contributed by atoms with Gasteiger partial charge in [0.25, 0.3) is 0 Å². The summed E-state index contributed by atoms with van der Waals surface area (Å²) in [6.07, 6.45) is 13.1. The van der Waals surface area contributed by atoms with Gasteiger partial charge in [-0.2, -0.15) is 0 Å². The van der Waals surface area contributed by atoms with Gasteiger partial charge in [0.15, 0.2) is 0 Å². The van der Waals surface area contributed by atoms with Crippen LogP contribution in [0, 0.1) is 0 Å². The molecule has 10 rings (SSSR count). The molecule has 6 aliphatic carbocycles. The van der Waals surface area contributed by atoms with Crippen LogP contribution in [-0.2, 0) is 27.1 Å². The molecule has 1 unspecified atom stereocenters. The van der Waals surface area contributed by atoms with Gasteiger partial charge >= 0.3 is 0 Å². The zero-order valence-corrected chi connectivity index (χ0v) is 25.6. The monoisotopic (exact) mass is 520 g/mol. The second kappa shape index (κ2) is 7.15. The van der Waals surface area contributed by atoms with Crippen molar-refractivity contribution in [2.45, 2.75) is 139 Å². The number of fused-ring (bicyclic) bond motifs is 9. The Morgan fingerprint density at radius 3 is 1.44 bits per heavy atom. The van der Waals surface area contributed by atoms with E-state index in [1.807, 2.05) is 0 Å². The topological polar surface area (TPSA) is 6.48 Å². The number of nitrogens with zero attached hydrogens (tertiary/aromatic N) is 2. The van der Waals surface area contributed by atoms with Crippen molar-refractivity contribution in [2.75, 3.05) is 16.8 Å². The second-order valence-electron chi connectivity index (χ2n) is 15.7. The van der Waals surface area contributed by atoms with Gasteiger partial charge in [0, 0.05) is 18.2 Å². The Bertz CT molecular complexity index is 1440. The smallest absolute Gasteiger partial charge is 0.129 e. The molecule has 0 spiro atoms. The van der Waals surface area contributed by atoms with E-state index in [2.05, 4.69) is 82.7 Å². The molecule has 0 saturated heterocycles. The van der Waals surface area contributed by atoms with E-state index in [0.29, 0.717) is 21.7 Å². The largest absolute Gasteiger partial charge is 0.349 e. The molecule has 0 aromatic heterocycles. The van der Waals surface area contributed by atoms with Gasteiger partial charge in [-0.3, -0.25) is 0 Å². The first-order valence-electron chi connectivity index (χ1n) is 16.0. The highest BCUT2D eigenvalue weighted by Gasteiger charge is 2.55. The molecule has 1 atom stereocenters. The molecule has 2 fully saturated rings. The lowest BCUT2D eigenvalue weighted by Crippen LogP contribution is -2.52. The summed E-state index contributed by atoms with van der Waals surface area (Å²) in [6.45, 7) is 20.0. The summed E-state index contributed by atoms with van der Waals surface area (Å²) in [5.41, 5.74) is 15.2. The molecule has 0 radical (unpaired) electrons. The van der Waals surface area contributed by atoms with Crippen LogP contribution in [0.4, 0.5) is 17.1 Å². The predicted molar refractivity (Wildman–Crippen MR) is 165 cm³/mol. The molecule has 2 saturated carbocycles. The fraction of sp³-hybridized carbons (Fsp3) is 0.622. The summed E-state index contributed by atoms with van der Waals surface area (Å²) in [7, 11) is 2.34. The van der Waals surface area contributed by atoms with Gasteiger partial charge in [0.2, 0.25) is 0 Å². The van der Waals surface area contributed by atoms with E-state index >= 15 is 0 Å². The summed E-state index contributed by atoms with van der Waals surface area (Å²) in [6, 6.07) is 10.7. The average molecular weight is 521 g/mol.